The second-order valence-corrected chi connectivity index (χ2v) is 13.9. The topological polar surface area (TPSA) is 77.2 Å². The van der Waals surface area contributed by atoms with Crippen molar-refractivity contribution in [2.24, 2.45) is 40.4 Å². The molecule has 1 aromatic heterocycles. The van der Waals surface area contributed by atoms with Crippen molar-refractivity contribution < 1.29 is 19.0 Å². The average Bonchev–Trinajstić information content (AvgIpc) is 3.45. The molecule has 4 aliphatic carbocycles. The maximum absolute atomic E-state index is 14.4. The second kappa shape index (κ2) is 9.52. The molecule has 0 amide bonds. The molecule has 8 heteroatoms. The van der Waals surface area contributed by atoms with Gasteiger partial charge in [-0.05, 0) is 118 Å². The highest BCUT2D eigenvalue weighted by Crippen LogP contribution is 2.69. The van der Waals surface area contributed by atoms with Gasteiger partial charge in [0.25, 0.3) is 0 Å². The fourth-order valence-corrected chi connectivity index (χ4v) is 10.1. The number of fused-ring (bicyclic) bond motifs is 6. The molecule has 4 aliphatic rings. The van der Waals surface area contributed by atoms with Crippen LogP contribution in [0.3, 0.4) is 0 Å². The van der Waals surface area contributed by atoms with Gasteiger partial charge in [-0.2, -0.15) is 0 Å². The summed E-state index contributed by atoms with van der Waals surface area (Å²) < 4.78 is 21.6. The molecule has 0 saturated heterocycles. The van der Waals surface area contributed by atoms with Gasteiger partial charge in [0.1, 0.15) is 12.1 Å². The quantitative estimate of drug-likeness (QED) is 0.466. The smallest absolute Gasteiger partial charge is 0.171 e. The first kappa shape index (κ1) is 26.6. The normalized spacial score (nSPS) is 40.5. The lowest BCUT2D eigenvalue weighted by Crippen LogP contribution is -2.57. The molecule has 0 bridgehead atoms. The number of Topliss-reactive ketones (excluding diaryl/α,β-unsaturated/α-hetero) is 1. The van der Waals surface area contributed by atoms with Crippen LogP contribution >= 0.6 is 11.6 Å². The largest absolute Gasteiger partial charge is 0.390 e. The van der Waals surface area contributed by atoms with Crippen LogP contribution in [0, 0.1) is 46.2 Å². The Labute approximate surface area is 229 Å². The fourth-order valence-electron chi connectivity index (χ4n) is 9.91. The van der Waals surface area contributed by atoms with Gasteiger partial charge in [-0.1, -0.05) is 23.7 Å². The third kappa shape index (κ3) is 4.05. The summed E-state index contributed by atoms with van der Waals surface area (Å²) in [6, 6.07) is 3.19. The molecule has 1 heterocycles. The maximum atomic E-state index is 14.4. The van der Waals surface area contributed by atoms with Crippen molar-refractivity contribution in [3.63, 3.8) is 0 Å². The van der Waals surface area contributed by atoms with Crippen molar-refractivity contribution in [3.8, 4) is 0 Å². The zero-order chi connectivity index (χ0) is 26.9. The number of ether oxygens (including phenoxy) is 1. The summed E-state index contributed by atoms with van der Waals surface area (Å²) >= 11 is 5.91. The molecule has 0 spiro atoms. The lowest BCUT2D eigenvalue weighted by atomic mass is 9.42. The minimum atomic E-state index is -0.587. The van der Waals surface area contributed by atoms with Gasteiger partial charge in [0.15, 0.2) is 11.6 Å². The van der Waals surface area contributed by atoms with E-state index in [0.29, 0.717) is 29.2 Å². The molecule has 0 aliphatic heterocycles. The summed E-state index contributed by atoms with van der Waals surface area (Å²) in [5, 5.41) is 19.0. The Morgan fingerprint density at radius 3 is 2.76 bits per heavy atom. The monoisotopic (exact) mass is 545 g/mol. The number of carbonyl (C=O) groups is 1. The van der Waals surface area contributed by atoms with Gasteiger partial charge in [0.2, 0.25) is 0 Å². The third-order valence-corrected chi connectivity index (χ3v) is 12.0. The number of aromatic nitrogens is 3. The van der Waals surface area contributed by atoms with E-state index in [1.165, 1.54) is 23.6 Å². The predicted octanol–water partition coefficient (Wildman–Crippen LogP) is 6.22. The minimum Gasteiger partial charge on any atom is -0.390 e. The SMILES string of the molecule is COCC[C@]12CC[C@@](C)(O)C[C@@H]1CC[C@H]1[C@@H]3CC[C@H](C(=O)Cn4nnc5c(F)c(Cl)ccc54)[C@@]3(C)CC[C@@H]12. The van der Waals surface area contributed by atoms with E-state index in [-0.39, 0.29) is 39.6 Å². The van der Waals surface area contributed by atoms with Crippen LogP contribution in [0.1, 0.15) is 78.1 Å². The number of halogens is 2. The van der Waals surface area contributed by atoms with Crippen molar-refractivity contribution in [2.75, 3.05) is 13.7 Å². The predicted molar refractivity (Wildman–Crippen MR) is 144 cm³/mol. The van der Waals surface area contributed by atoms with Gasteiger partial charge < -0.3 is 9.84 Å². The summed E-state index contributed by atoms with van der Waals surface area (Å²) in [5.74, 6) is 1.97. The first-order valence-electron chi connectivity index (χ1n) is 14.5. The van der Waals surface area contributed by atoms with E-state index in [1.807, 2.05) is 6.92 Å². The van der Waals surface area contributed by atoms with Crippen LogP contribution in [0.2, 0.25) is 5.02 Å². The highest BCUT2D eigenvalue weighted by molar-refractivity contribution is 6.31. The molecule has 1 N–H and O–H groups in total. The molecule has 2 aromatic rings. The van der Waals surface area contributed by atoms with E-state index in [1.54, 1.807) is 13.2 Å². The minimum absolute atomic E-state index is 0.00964. The molecule has 208 valence electrons. The second-order valence-electron chi connectivity index (χ2n) is 13.4. The molecular formula is C30H41ClFN3O3. The Morgan fingerprint density at radius 2 is 1.97 bits per heavy atom. The molecule has 38 heavy (non-hydrogen) atoms. The van der Waals surface area contributed by atoms with Crippen molar-refractivity contribution in [3.05, 3.63) is 23.0 Å². The highest BCUT2D eigenvalue weighted by atomic mass is 35.5. The van der Waals surface area contributed by atoms with Gasteiger partial charge in [0, 0.05) is 19.6 Å². The van der Waals surface area contributed by atoms with Crippen LogP contribution in [0.25, 0.3) is 11.0 Å². The maximum Gasteiger partial charge on any atom is 0.171 e. The Hall–Kier alpha value is -1.57. The van der Waals surface area contributed by atoms with Gasteiger partial charge in [0.05, 0.1) is 16.1 Å². The fraction of sp³-hybridized carbons (Fsp3) is 0.767. The van der Waals surface area contributed by atoms with E-state index in [4.69, 9.17) is 16.3 Å². The van der Waals surface area contributed by atoms with Crippen molar-refractivity contribution in [1.29, 1.82) is 0 Å². The van der Waals surface area contributed by atoms with E-state index in [9.17, 15) is 14.3 Å². The summed E-state index contributed by atoms with van der Waals surface area (Å²) in [4.78, 5) is 13.8. The lowest BCUT2D eigenvalue weighted by Gasteiger charge is -2.63. The van der Waals surface area contributed by atoms with E-state index >= 15 is 0 Å². The summed E-state index contributed by atoms with van der Waals surface area (Å²) in [7, 11) is 1.80. The number of benzene rings is 1. The highest BCUT2D eigenvalue weighted by Gasteiger charge is 2.62. The summed E-state index contributed by atoms with van der Waals surface area (Å²) in [6.07, 6.45) is 10.5. The van der Waals surface area contributed by atoms with Crippen LogP contribution < -0.4 is 0 Å². The van der Waals surface area contributed by atoms with E-state index in [2.05, 4.69) is 17.2 Å². The van der Waals surface area contributed by atoms with Crippen LogP contribution in [-0.4, -0.2) is 45.2 Å². The van der Waals surface area contributed by atoms with E-state index < -0.39 is 11.4 Å². The Morgan fingerprint density at radius 1 is 1.16 bits per heavy atom. The Kier molecular flexibility index (Phi) is 6.67. The lowest BCUT2D eigenvalue weighted by molar-refractivity contribution is -0.163. The molecule has 6 nitrogen and oxygen atoms in total. The molecule has 4 fully saturated rings. The van der Waals surface area contributed by atoms with Crippen LogP contribution in [0.5, 0.6) is 0 Å². The van der Waals surface area contributed by atoms with E-state index in [0.717, 1.165) is 58.0 Å². The Balaban J connectivity index is 1.23. The van der Waals surface area contributed by atoms with Crippen molar-refractivity contribution in [1.82, 2.24) is 15.0 Å². The molecule has 4 saturated carbocycles. The molecule has 8 atom stereocenters. The van der Waals surface area contributed by atoms with Gasteiger partial charge in [-0.25, -0.2) is 9.07 Å². The van der Waals surface area contributed by atoms with Crippen molar-refractivity contribution >= 4 is 28.4 Å². The first-order chi connectivity index (χ1) is 18.1. The number of methoxy groups -OCH3 is 1. The molecule has 0 unspecified atom stereocenters. The number of hydrogen-bond donors (Lipinski definition) is 1. The van der Waals surface area contributed by atoms with Crippen LogP contribution in [0.4, 0.5) is 4.39 Å². The number of aliphatic hydroxyl groups is 1. The third-order valence-electron chi connectivity index (χ3n) is 11.7. The molecular weight excluding hydrogens is 505 g/mol. The first-order valence-corrected chi connectivity index (χ1v) is 14.9. The van der Waals surface area contributed by atoms with Crippen LogP contribution in [0.15, 0.2) is 12.1 Å². The molecule has 1 aromatic carbocycles. The number of ketones is 1. The average molecular weight is 546 g/mol. The number of nitrogens with zero attached hydrogens (tertiary/aromatic N) is 3. The standard InChI is InChI=1S/C30H41ClFN3O3/c1-28(37)12-13-30(14-15-38-3)18(16-28)4-5-19-20-6-7-22(29(20,2)11-10-21(19)30)25(36)17-35-24-9-8-23(31)26(32)27(24)33-34-35/h8-9,18-22,37H,4-7,10-17H2,1-3H3/t18-,19-,20-,21-,22+,28+,29-,30+/m0/s1. The van der Waals surface area contributed by atoms with Crippen LogP contribution in [-0.2, 0) is 16.1 Å². The number of carbonyl (C=O) groups excluding carboxylic acids is 1. The van der Waals surface area contributed by atoms with Gasteiger partial charge in [-0.15, -0.1) is 5.10 Å². The number of hydrogen-bond acceptors (Lipinski definition) is 5. The molecule has 0 radical (unpaired) electrons. The number of rotatable bonds is 6. The van der Waals surface area contributed by atoms with Gasteiger partial charge in [-0.3, -0.25) is 4.79 Å². The summed E-state index contributed by atoms with van der Waals surface area (Å²) in [6.45, 7) is 5.28. The Bertz CT molecular complexity index is 1230. The summed E-state index contributed by atoms with van der Waals surface area (Å²) in [5.41, 5.74) is 0.303. The zero-order valence-electron chi connectivity index (χ0n) is 22.9. The molecule has 6 rings (SSSR count). The van der Waals surface area contributed by atoms with Crippen molar-refractivity contribution in [2.45, 2.75) is 90.2 Å². The van der Waals surface area contributed by atoms with Gasteiger partial charge >= 0.3 is 0 Å². The zero-order valence-corrected chi connectivity index (χ0v) is 23.6.